The smallest absolute Gasteiger partial charge is 0.287 e. The van der Waals surface area contributed by atoms with Crippen LogP contribution in [0.4, 0.5) is 5.69 Å². The van der Waals surface area contributed by atoms with Crippen molar-refractivity contribution >= 4 is 17.3 Å². The molecule has 0 saturated carbocycles. The fraction of sp³-hybridized carbons (Fsp3) is 0.636. The summed E-state index contributed by atoms with van der Waals surface area (Å²) in [5.41, 5.74) is -0.0135. The number of nitrogens with zero attached hydrogens (tertiary/aromatic N) is 2. The Hall–Kier alpha value is -1.15. The highest BCUT2D eigenvalue weighted by molar-refractivity contribution is 6.32. The lowest BCUT2D eigenvalue weighted by Crippen LogP contribution is -2.29. The van der Waals surface area contributed by atoms with E-state index in [0.29, 0.717) is 18.8 Å². The van der Waals surface area contributed by atoms with Crippen molar-refractivity contribution in [2.75, 3.05) is 39.3 Å². The van der Waals surface area contributed by atoms with Gasteiger partial charge in [-0.15, -0.1) is 0 Å². The number of hydrogen-bond donors (Lipinski definition) is 2. The van der Waals surface area contributed by atoms with Gasteiger partial charge in [-0.25, -0.2) is 4.68 Å². The Labute approximate surface area is 116 Å². The predicted octanol–water partition coefficient (Wildman–Crippen LogP) is -0.0377. The normalized spacial score (nSPS) is 12.4. The molecule has 1 unspecified atom stereocenters. The van der Waals surface area contributed by atoms with E-state index in [0.717, 1.165) is 4.68 Å². The van der Waals surface area contributed by atoms with E-state index in [2.05, 4.69) is 10.4 Å². The number of rotatable bonds is 8. The first kappa shape index (κ1) is 15.9. The lowest BCUT2D eigenvalue weighted by atomic mass is 10.3. The van der Waals surface area contributed by atoms with Crippen molar-refractivity contribution in [2.24, 2.45) is 0 Å². The second-order valence-corrected chi connectivity index (χ2v) is 4.20. The zero-order valence-corrected chi connectivity index (χ0v) is 11.7. The molecule has 1 aromatic heterocycles. The summed E-state index contributed by atoms with van der Waals surface area (Å²) in [4.78, 5) is 11.8. The van der Waals surface area contributed by atoms with Crippen LogP contribution in [-0.2, 0) is 16.0 Å². The second kappa shape index (κ2) is 8.11. The van der Waals surface area contributed by atoms with Crippen LogP contribution in [0, 0.1) is 0 Å². The molecular formula is C11H18ClN3O4. The summed E-state index contributed by atoms with van der Waals surface area (Å²) in [6.07, 6.45) is 1.29. The maximum absolute atomic E-state index is 11.8. The van der Waals surface area contributed by atoms with E-state index >= 15 is 0 Å². The van der Waals surface area contributed by atoms with Crippen LogP contribution in [0.3, 0.4) is 0 Å². The number of halogens is 1. The highest BCUT2D eigenvalue weighted by atomic mass is 35.5. The number of ether oxygens (including phenoxy) is 2. The third-order valence-corrected chi connectivity index (χ3v) is 2.87. The lowest BCUT2D eigenvalue weighted by Gasteiger charge is -2.16. The molecule has 0 saturated heterocycles. The van der Waals surface area contributed by atoms with E-state index < -0.39 is 5.56 Å². The zero-order valence-electron chi connectivity index (χ0n) is 10.9. The summed E-state index contributed by atoms with van der Waals surface area (Å²) in [5.74, 6) is 0. The highest BCUT2D eigenvalue weighted by Crippen LogP contribution is 2.15. The molecule has 0 bridgehead atoms. The van der Waals surface area contributed by atoms with Gasteiger partial charge in [0, 0.05) is 20.8 Å². The van der Waals surface area contributed by atoms with E-state index in [1.807, 2.05) is 0 Å². The third-order valence-electron chi connectivity index (χ3n) is 2.50. The van der Waals surface area contributed by atoms with Crippen molar-refractivity contribution in [2.45, 2.75) is 12.6 Å². The van der Waals surface area contributed by atoms with Gasteiger partial charge in [0.05, 0.1) is 37.7 Å². The van der Waals surface area contributed by atoms with Gasteiger partial charge >= 0.3 is 0 Å². The summed E-state index contributed by atoms with van der Waals surface area (Å²) in [6, 6.07) is 0. The number of anilines is 1. The molecule has 1 heterocycles. The van der Waals surface area contributed by atoms with E-state index in [9.17, 15) is 4.79 Å². The van der Waals surface area contributed by atoms with Crippen LogP contribution < -0.4 is 10.9 Å². The van der Waals surface area contributed by atoms with Crippen molar-refractivity contribution in [1.82, 2.24) is 9.78 Å². The molecule has 8 heteroatoms. The van der Waals surface area contributed by atoms with Crippen LogP contribution in [0.2, 0.25) is 5.02 Å². The summed E-state index contributed by atoms with van der Waals surface area (Å²) in [7, 11) is 3.15. The lowest BCUT2D eigenvalue weighted by molar-refractivity contribution is 0.0365. The Bertz CT molecular complexity index is 452. The molecule has 0 aliphatic heterocycles. The highest BCUT2D eigenvalue weighted by Gasteiger charge is 2.11. The molecule has 7 nitrogen and oxygen atoms in total. The van der Waals surface area contributed by atoms with Gasteiger partial charge < -0.3 is 19.9 Å². The first-order valence-electron chi connectivity index (χ1n) is 5.76. The molecule has 0 aliphatic rings. The molecule has 0 aromatic carbocycles. The Balaban J connectivity index is 2.74. The van der Waals surface area contributed by atoms with Gasteiger partial charge in [0.2, 0.25) is 0 Å². The molecule has 0 spiro atoms. The molecule has 0 radical (unpaired) electrons. The number of aromatic nitrogens is 2. The maximum atomic E-state index is 11.8. The van der Waals surface area contributed by atoms with Crippen LogP contribution in [0.5, 0.6) is 0 Å². The summed E-state index contributed by atoms with van der Waals surface area (Å²) in [6.45, 7) is 0.810. The fourth-order valence-electron chi connectivity index (χ4n) is 1.46. The monoisotopic (exact) mass is 291 g/mol. The molecule has 1 aromatic rings. The fourth-order valence-corrected chi connectivity index (χ4v) is 1.68. The summed E-state index contributed by atoms with van der Waals surface area (Å²) < 4.78 is 11.3. The predicted molar refractivity (Wildman–Crippen MR) is 71.8 cm³/mol. The van der Waals surface area contributed by atoms with Crippen LogP contribution in [0.25, 0.3) is 0 Å². The Morgan fingerprint density at radius 1 is 1.58 bits per heavy atom. The molecule has 0 fully saturated rings. The molecule has 0 aliphatic carbocycles. The Kier molecular flexibility index (Phi) is 6.79. The maximum Gasteiger partial charge on any atom is 0.287 e. The van der Waals surface area contributed by atoms with Gasteiger partial charge in [0.25, 0.3) is 5.56 Å². The summed E-state index contributed by atoms with van der Waals surface area (Å²) >= 11 is 5.95. The first-order chi connectivity index (χ1) is 9.13. The molecule has 1 rings (SSSR count). The van der Waals surface area contributed by atoms with Crippen molar-refractivity contribution in [3.63, 3.8) is 0 Å². The topological polar surface area (TPSA) is 85.6 Å². The van der Waals surface area contributed by atoms with Gasteiger partial charge in [-0.1, -0.05) is 11.6 Å². The minimum atomic E-state index is -0.443. The van der Waals surface area contributed by atoms with Gasteiger partial charge in [-0.3, -0.25) is 4.79 Å². The molecular weight excluding hydrogens is 274 g/mol. The van der Waals surface area contributed by atoms with Crippen molar-refractivity contribution in [1.29, 1.82) is 0 Å². The van der Waals surface area contributed by atoms with Gasteiger partial charge in [-0.2, -0.15) is 5.10 Å². The Morgan fingerprint density at radius 3 is 2.89 bits per heavy atom. The van der Waals surface area contributed by atoms with Crippen LogP contribution in [-0.4, -0.2) is 55.0 Å². The zero-order chi connectivity index (χ0) is 14.3. The van der Waals surface area contributed by atoms with E-state index in [4.69, 9.17) is 26.2 Å². The average Bonchev–Trinajstić information content (AvgIpc) is 2.42. The largest absolute Gasteiger partial charge is 0.394 e. The van der Waals surface area contributed by atoms with E-state index in [1.165, 1.54) is 6.20 Å². The van der Waals surface area contributed by atoms with E-state index in [1.54, 1.807) is 14.2 Å². The number of hydrogen-bond acceptors (Lipinski definition) is 6. The molecule has 0 amide bonds. The van der Waals surface area contributed by atoms with Crippen molar-refractivity contribution < 1.29 is 14.6 Å². The minimum Gasteiger partial charge on any atom is -0.394 e. The molecule has 19 heavy (non-hydrogen) atoms. The quantitative estimate of drug-likeness (QED) is 0.699. The second-order valence-electron chi connectivity index (χ2n) is 3.82. The number of nitrogens with one attached hydrogen (secondary N) is 1. The van der Waals surface area contributed by atoms with Crippen LogP contribution >= 0.6 is 11.6 Å². The number of aliphatic hydroxyl groups excluding tert-OH is 1. The minimum absolute atomic E-state index is 0.0377. The Morgan fingerprint density at radius 2 is 2.32 bits per heavy atom. The standard InChI is InChI=1S/C11H18ClN3O4/c1-18-7-8(19-2)5-13-9-6-14-15(3-4-16)11(17)10(9)12/h6,8,13,16H,3-5,7H2,1-2H3. The van der Waals surface area contributed by atoms with Crippen molar-refractivity contribution in [3.8, 4) is 0 Å². The number of aliphatic hydroxyl groups is 1. The number of methoxy groups -OCH3 is 2. The van der Waals surface area contributed by atoms with Gasteiger partial charge in [-0.05, 0) is 0 Å². The molecule has 2 N–H and O–H groups in total. The SMILES string of the molecule is COCC(CNc1cnn(CCO)c(=O)c1Cl)OC. The summed E-state index contributed by atoms with van der Waals surface area (Å²) in [5, 5.41) is 15.7. The van der Waals surface area contributed by atoms with Crippen LogP contribution in [0.15, 0.2) is 11.0 Å². The molecule has 1 atom stereocenters. The van der Waals surface area contributed by atoms with E-state index in [-0.39, 0.29) is 24.3 Å². The van der Waals surface area contributed by atoms with Crippen LogP contribution in [0.1, 0.15) is 0 Å². The molecule has 108 valence electrons. The van der Waals surface area contributed by atoms with Crippen molar-refractivity contribution in [3.05, 3.63) is 21.6 Å². The third kappa shape index (κ3) is 4.46. The van der Waals surface area contributed by atoms with Gasteiger partial charge in [0.15, 0.2) is 0 Å². The average molecular weight is 292 g/mol. The van der Waals surface area contributed by atoms with Gasteiger partial charge in [0.1, 0.15) is 5.02 Å². The first-order valence-corrected chi connectivity index (χ1v) is 6.13.